The van der Waals surface area contributed by atoms with Gasteiger partial charge < -0.3 is 20.8 Å². The number of benzene rings is 3. The summed E-state index contributed by atoms with van der Waals surface area (Å²) >= 11 is 0. The van der Waals surface area contributed by atoms with Crippen molar-refractivity contribution in [1.29, 1.82) is 0 Å². The topological polar surface area (TPSA) is 88.1 Å². The lowest BCUT2D eigenvalue weighted by Gasteiger charge is -2.20. The number of phenolic OH excluding ortho intramolecular Hbond substituents is 1. The average Bonchev–Trinajstić information content (AvgIpc) is 2.71. The van der Waals surface area contributed by atoms with Gasteiger partial charge in [-0.25, -0.2) is 8.78 Å². The minimum atomic E-state index is -4.81. The zero-order valence-corrected chi connectivity index (χ0v) is 15.8. The van der Waals surface area contributed by atoms with Gasteiger partial charge in [-0.2, -0.15) is 13.2 Å². The molecule has 3 aromatic rings. The van der Waals surface area contributed by atoms with Gasteiger partial charge in [0.05, 0.1) is 12.7 Å². The van der Waals surface area contributed by atoms with Gasteiger partial charge in [-0.3, -0.25) is 0 Å². The molecule has 0 fully saturated rings. The molecule has 5 nitrogen and oxygen atoms in total. The Morgan fingerprint density at radius 1 is 1.00 bits per heavy atom. The van der Waals surface area contributed by atoms with Gasteiger partial charge in [0, 0.05) is 22.8 Å². The van der Waals surface area contributed by atoms with Crippen LogP contribution in [0.3, 0.4) is 0 Å². The van der Waals surface area contributed by atoms with E-state index < -0.39 is 40.5 Å². The molecule has 0 radical (unpaired) electrons. The van der Waals surface area contributed by atoms with Gasteiger partial charge in [-0.05, 0) is 41.5 Å². The Morgan fingerprint density at radius 2 is 1.65 bits per heavy atom. The predicted octanol–water partition coefficient (Wildman–Crippen LogP) is 5.13. The maximum atomic E-state index is 14.4. The van der Waals surface area contributed by atoms with Crippen molar-refractivity contribution in [2.24, 2.45) is 10.9 Å². The molecule has 3 aromatic carbocycles. The first-order valence-corrected chi connectivity index (χ1v) is 8.62. The summed E-state index contributed by atoms with van der Waals surface area (Å²) in [7, 11) is 1.10. The zero-order chi connectivity index (χ0) is 22.9. The Hall–Kier alpha value is -3.82. The lowest BCUT2D eigenvalue weighted by atomic mass is 9.87. The fourth-order valence-corrected chi connectivity index (χ4v) is 3.17. The number of halogens is 5. The van der Waals surface area contributed by atoms with E-state index >= 15 is 0 Å². The van der Waals surface area contributed by atoms with Gasteiger partial charge in [0.2, 0.25) is 0 Å². The van der Waals surface area contributed by atoms with Crippen LogP contribution in [-0.2, 0) is 6.18 Å². The maximum absolute atomic E-state index is 14.4. The molecular formula is C21H15F5N2O3. The highest BCUT2D eigenvalue weighted by Gasteiger charge is 2.34. The normalized spacial score (nSPS) is 12.1. The van der Waals surface area contributed by atoms with Gasteiger partial charge in [0.25, 0.3) is 0 Å². The van der Waals surface area contributed by atoms with Crippen LogP contribution in [0.2, 0.25) is 0 Å². The molecule has 162 valence electrons. The summed E-state index contributed by atoms with van der Waals surface area (Å²) in [5.74, 6) is -3.43. The number of ether oxygens (including phenoxy) is 1. The standard InChI is InChI=1S/C21H15F5N2O3/c1-31-19-15(8-12(22)9-17(19)23)18-14(10-2-4-13(29)5-3-10)6-11(21(24,25)26)7-16(18)20(27)28-30/h2-9,29-30H,1H3,(H2,27,28). The number of rotatable bonds is 4. The van der Waals surface area contributed by atoms with Crippen molar-refractivity contribution in [2.75, 3.05) is 7.11 Å². The fourth-order valence-electron chi connectivity index (χ4n) is 3.17. The van der Waals surface area contributed by atoms with Gasteiger partial charge >= 0.3 is 6.18 Å². The number of nitrogens with two attached hydrogens (primary N) is 1. The zero-order valence-electron chi connectivity index (χ0n) is 15.8. The SMILES string of the molecule is COc1c(F)cc(F)cc1-c1c(/C(N)=N\O)cc(C(F)(F)F)cc1-c1ccc(O)cc1. The predicted molar refractivity (Wildman–Crippen MR) is 103 cm³/mol. The Labute approximate surface area is 172 Å². The summed E-state index contributed by atoms with van der Waals surface area (Å²) in [5, 5.41) is 21.5. The third-order valence-electron chi connectivity index (χ3n) is 4.51. The third kappa shape index (κ3) is 4.23. The highest BCUT2D eigenvalue weighted by molar-refractivity contribution is 6.07. The van der Waals surface area contributed by atoms with Crippen molar-refractivity contribution in [3.05, 3.63) is 71.3 Å². The lowest BCUT2D eigenvalue weighted by Crippen LogP contribution is -2.17. The van der Waals surface area contributed by atoms with E-state index in [0.717, 1.165) is 19.2 Å². The molecule has 0 bridgehead atoms. The summed E-state index contributed by atoms with van der Waals surface area (Å²) in [6, 6.07) is 7.87. The highest BCUT2D eigenvalue weighted by Crippen LogP contribution is 2.44. The fraction of sp³-hybridized carbons (Fsp3) is 0.0952. The molecule has 0 unspecified atom stereocenters. The van der Waals surface area contributed by atoms with Crippen molar-refractivity contribution in [1.82, 2.24) is 0 Å². The van der Waals surface area contributed by atoms with Crippen molar-refractivity contribution in [2.45, 2.75) is 6.18 Å². The number of alkyl halides is 3. The van der Waals surface area contributed by atoms with E-state index in [1.54, 1.807) is 0 Å². The molecule has 0 saturated carbocycles. The van der Waals surface area contributed by atoms with E-state index in [2.05, 4.69) is 5.16 Å². The van der Waals surface area contributed by atoms with Crippen molar-refractivity contribution >= 4 is 5.84 Å². The summed E-state index contributed by atoms with van der Waals surface area (Å²) in [4.78, 5) is 0. The van der Waals surface area contributed by atoms with E-state index in [1.807, 2.05) is 0 Å². The summed E-state index contributed by atoms with van der Waals surface area (Å²) in [6.45, 7) is 0. The van der Waals surface area contributed by atoms with Crippen molar-refractivity contribution in [3.63, 3.8) is 0 Å². The number of hydrogen-bond donors (Lipinski definition) is 3. The number of oxime groups is 1. The van der Waals surface area contributed by atoms with Gasteiger partial charge in [0.15, 0.2) is 17.4 Å². The minimum Gasteiger partial charge on any atom is -0.508 e. The molecule has 0 aliphatic rings. The monoisotopic (exact) mass is 438 g/mol. The average molecular weight is 438 g/mol. The first kappa shape index (κ1) is 21.9. The van der Waals surface area contributed by atoms with Crippen LogP contribution in [0.4, 0.5) is 22.0 Å². The second kappa shape index (κ2) is 8.13. The van der Waals surface area contributed by atoms with Crippen LogP contribution in [0.25, 0.3) is 22.3 Å². The number of aromatic hydroxyl groups is 1. The van der Waals surface area contributed by atoms with Crippen molar-refractivity contribution < 1.29 is 37.0 Å². The highest BCUT2D eigenvalue weighted by atomic mass is 19.4. The van der Waals surface area contributed by atoms with E-state index in [1.165, 1.54) is 24.3 Å². The lowest BCUT2D eigenvalue weighted by molar-refractivity contribution is -0.137. The van der Waals surface area contributed by atoms with Crippen LogP contribution in [0.1, 0.15) is 11.1 Å². The van der Waals surface area contributed by atoms with Gasteiger partial charge in [-0.1, -0.05) is 17.3 Å². The van der Waals surface area contributed by atoms with Gasteiger partial charge in [0.1, 0.15) is 11.6 Å². The van der Waals surface area contributed by atoms with Crippen molar-refractivity contribution in [3.8, 4) is 33.8 Å². The summed E-state index contributed by atoms with van der Waals surface area (Å²) < 4.78 is 74.2. The number of amidine groups is 1. The smallest absolute Gasteiger partial charge is 0.416 e. The molecule has 4 N–H and O–H groups in total. The van der Waals surface area contributed by atoms with Crippen LogP contribution in [0.15, 0.2) is 53.7 Å². The molecular weight excluding hydrogens is 423 g/mol. The van der Waals surface area contributed by atoms with Crippen LogP contribution < -0.4 is 10.5 Å². The van der Waals surface area contributed by atoms with E-state index in [0.29, 0.717) is 12.1 Å². The number of phenols is 1. The van der Waals surface area contributed by atoms with Gasteiger partial charge in [-0.15, -0.1) is 0 Å². The molecule has 10 heteroatoms. The first-order chi connectivity index (χ1) is 14.6. The molecule has 31 heavy (non-hydrogen) atoms. The molecule has 0 aliphatic heterocycles. The number of nitrogens with zero attached hydrogens (tertiary/aromatic N) is 1. The largest absolute Gasteiger partial charge is 0.508 e. The molecule has 0 saturated heterocycles. The molecule has 0 spiro atoms. The maximum Gasteiger partial charge on any atom is 0.416 e. The molecule has 0 atom stereocenters. The Bertz CT molecular complexity index is 1160. The molecule has 0 heterocycles. The Kier molecular flexibility index (Phi) is 5.74. The van der Waals surface area contributed by atoms with Crippen LogP contribution in [0, 0.1) is 11.6 Å². The van der Waals surface area contributed by atoms with Crippen LogP contribution >= 0.6 is 0 Å². The molecule has 3 rings (SSSR count). The molecule has 0 aliphatic carbocycles. The summed E-state index contributed by atoms with van der Waals surface area (Å²) in [6.07, 6.45) is -4.81. The van der Waals surface area contributed by atoms with E-state index in [9.17, 15) is 27.1 Å². The number of methoxy groups -OCH3 is 1. The Morgan fingerprint density at radius 3 is 2.19 bits per heavy atom. The van der Waals surface area contributed by atoms with Crippen LogP contribution in [0.5, 0.6) is 11.5 Å². The first-order valence-electron chi connectivity index (χ1n) is 8.62. The second-order valence-electron chi connectivity index (χ2n) is 6.44. The molecule has 0 aromatic heterocycles. The molecule has 0 amide bonds. The summed E-state index contributed by atoms with van der Waals surface area (Å²) in [5.41, 5.74) is 3.69. The number of hydrogen-bond acceptors (Lipinski definition) is 4. The van der Waals surface area contributed by atoms with Crippen LogP contribution in [-0.4, -0.2) is 23.3 Å². The minimum absolute atomic E-state index is 0.139. The third-order valence-corrected chi connectivity index (χ3v) is 4.51. The quantitative estimate of drug-likeness (QED) is 0.173. The Balaban J connectivity index is 2.53. The second-order valence-corrected chi connectivity index (χ2v) is 6.44. The van der Waals surface area contributed by atoms with E-state index in [4.69, 9.17) is 15.7 Å². The van der Waals surface area contributed by atoms with E-state index in [-0.39, 0.29) is 28.0 Å².